The second-order valence-electron chi connectivity index (χ2n) is 6.05. The molecule has 0 spiro atoms. The van der Waals surface area contributed by atoms with Gasteiger partial charge >= 0.3 is 0 Å². The fourth-order valence-corrected chi connectivity index (χ4v) is 3.53. The van der Waals surface area contributed by atoms with E-state index in [4.69, 9.17) is 23.2 Å². The zero-order valence-corrected chi connectivity index (χ0v) is 15.3. The topological polar surface area (TPSA) is 45.2 Å². The highest BCUT2D eigenvalue weighted by molar-refractivity contribution is 6.36. The summed E-state index contributed by atoms with van der Waals surface area (Å²) in [4.78, 5) is 18.9. The molecule has 0 fully saturated rings. The normalized spacial score (nSPS) is 12.8. The number of pyridine rings is 1. The van der Waals surface area contributed by atoms with E-state index in [1.165, 1.54) is 5.56 Å². The maximum atomic E-state index is 12.9. The van der Waals surface area contributed by atoms with E-state index in [0.717, 1.165) is 12.1 Å². The van der Waals surface area contributed by atoms with Gasteiger partial charge in [-0.3, -0.25) is 9.78 Å². The number of nitrogens with one attached hydrogen (secondary N) is 1. The predicted octanol–water partition coefficient (Wildman–Crippen LogP) is 5.33. The summed E-state index contributed by atoms with van der Waals surface area (Å²) in [5.74, 6) is -0.0618. The quantitative estimate of drug-likeness (QED) is 0.664. The van der Waals surface area contributed by atoms with E-state index in [-0.39, 0.29) is 5.91 Å². The number of benzene rings is 2. The molecule has 0 saturated carbocycles. The Bertz CT molecular complexity index is 990. The molecule has 1 aliphatic rings. The third-order valence-corrected chi connectivity index (χ3v) is 4.88. The molecule has 1 amide bonds. The van der Waals surface area contributed by atoms with Crippen molar-refractivity contribution in [2.24, 2.45) is 0 Å². The first kappa shape index (κ1) is 16.9. The number of para-hydroxylation sites is 1. The molecule has 4 rings (SSSR count). The van der Waals surface area contributed by atoms with Crippen LogP contribution in [-0.2, 0) is 6.42 Å². The lowest BCUT2D eigenvalue weighted by Crippen LogP contribution is -2.29. The molecule has 0 atom stereocenters. The van der Waals surface area contributed by atoms with Crippen LogP contribution in [-0.4, -0.2) is 17.4 Å². The van der Waals surface area contributed by atoms with Gasteiger partial charge in [0.05, 0.1) is 28.2 Å². The molecule has 4 nitrogen and oxygen atoms in total. The van der Waals surface area contributed by atoms with Gasteiger partial charge in [-0.25, -0.2) is 0 Å². The van der Waals surface area contributed by atoms with Crippen molar-refractivity contribution in [2.45, 2.75) is 6.42 Å². The Morgan fingerprint density at radius 3 is 2.77 bits per heavy atom. The molecule has 0 radical (unpaired) electrons. The number of hydrogen-bond donors (Lipinski definition) is 1. The monoisotopic (exact) mass is 383 g/mol. The first-order chi connectivity index (χ1) is 12.6. The van der Waals surface area contributed by atoms with Gasteiger partial charge < -0.3 is 10.2 Å². The fraction of sp³-hybridized carbons (Fsp3) is 0.100. The smallest absolute Gasteiger partial charge is 0.259 e. The molecule has 1 aliphatic heterocycles. The Morgan fingerprint density at radius 1 is 1.08 bits per heavy atom. The highest BCUT2D eigenvalue weighted by Crippen LogP contribution is 2.30. The van der Waals surface area contributed by atoms with Gasteiger partial charge in [-0.2, -0.15) is 0 Å². The summed E-state index contributed by atoms with van der Waals surface area (Å²) in [5, 5.41) is 4.25. The first-order valence-electron chi connectivity index (χ1n) is 8.19. The number of amides is 1. The number of fused-ring (bicyclic) bond motifs is 1. The number of carbonyl (C=O) groups is 1. The van der Waals surface area contributed by atoms with Crippen LogP contribution in [0.1, 0.15) is 15.9 Å². The molecule has 1 N–H and O–H groups in total. The van der Waals surface area contributed by atoms with E-state index in [1.807, 2.05) is 18.2 Å². The van der Waals surface area contributed by atoms with Crippen LogP contribution in [0.15, 0.2) is 60.9 Å². The first-order valence-corrected chi connectivity index (χ1v) is 8.94. The van der Waals surface area contributed by atoms with Crippen molar-refractivity contribution in [3.05, 3.63) is 82.1 Å². The molecule has 26 heavy (non-hydrogen) atoms. The van der Waals surface area contributed by atoms with Crippen LogP contribution in [0.5, 0.6) is 0 Å². The van der Waals surface area contributed by atoms with Crippen molar-refractivity contribution in [1.82, 2.24) is 4.98 Å². The Labute approximate surface area is 161 Å². The molecule has 3 aromatic rings. The van der Waals surface area contributed by atoms with Crippen molar-refractivity contribution in [2.75, 3.05) is 16.8 Å². The van der Waals surface area contributed by atoms with E-state index >= 15 is 0 Å². The highest BCUT2D eigenvalue weighted by Gasteiger charge is 2.25. The molecular weight excluding hydrogens is 369 g/mol. The molecule has 0 aliphatic carbocycles. The zero-order chi connectivity index (χ0) is 18.1. The summed E-state index contributed by atoms with van der Waals surface area (Å²) >= 11 is 12.1. The average Bonchev–Trinajstić information content (AvgIpc) is 3.08. The Hall–Kier alpha value is -2.56. The molecule has 130 valence electrons. The second-order valence-corrected chi connectivity index (χ2v) is 6.89. The zero-order valence-electron chi connectivity index (χ0n) is 13.7. The number of carbonyl (C=O) groups excluding carboxylic acids is 1. The lowest BCUT2D eigenvalue weighted by molar-refractivity contribution is 0.0989. The third kappa shape index (κ3) is 3.26. The molecular formula is C20H15Cl2N3O. The molecule has 0 bridgehead atoms. The fourth-order valence-electron chi connectivity index (χ4n) is 3.08. The summed E-state index contributed by atoms with van der Waals surface area (Å²) in [6, 6.07) is 15.0. The Morgan fingerprint density at radius 2 is 1.92 bits per heavy atom. The van der Waals surface area contributed by atoms with E-state index in [1.54, 1.807) is 41.6 Å². The predicted molar refractivity (Wildman–Crippen MR) is 106 cm³/mol. The Kier molecular flexibility index (Phi) is 4.53. The van der Waals surface area contributed by atoms with Crippen LogP contribution < -0.4 is 10.2 Å². The summed E-state index contributed by atoms with van der Waals surface area (Å²) in [6.45, 7) is 0.679. The Balaban J connectivity index is 1.59. The SMILES string of the molecule is O=C(c1cncc(Nc2ccc(Cl)cc2Cl)c1)N1CCc2ccccc21. The number of anilines is 3. The van der Waals surface area contributed by atoms with Crippen molar-refractivity contribution in [3.8, 4) is 0 Å². The van der Waals surface area contributed by atoms with Crippen LogP contribution in [0.4, 0.5) is 17.1 Å². The van der Waals surface area contributed by atoms with Gasteiger partial charge in [0.25, 0.3) is 5.91 Å². The number of aromatic nitrogens is 1. The van der Waals surface area contributed by atoms with Gasteiger partial charge in [0.1, 0.15) is 0 Å². The largest absolute Gasteiger partial charge is 0.353 e. The molecule has 1 aromatic heterocycles. The van der Waals surface area contributed by atoms with E-state index in [0.29, 0.717) is 33.5 Å². The summed E-state index contributed by atoms with van der Waals surface area (Å²) in [6.07, 6.45) is 4.10. The maximum absolute atomic E-state index is 12.9. The summed E-state index contributed by atoms with van der Waals surface area (Å²) < 4.78 is 0. The summed E-state index contributed by atoms with van der Waals surface area (Å²) in [7, 11) is 0. The van der Waals surface area contributed by atoms with Crippen molar-refractivity contribution < 1.29 is 4.79 Å². The van der Waals surface area contributed by atoms with Gasteiger partial charge in [0.2, 0.25) is 0 Å². The van der Waals surface area contributed by atoms with Gasteiger partial charge in [0.15, 0.2) is 0 Å². The van der Waals surface area contributed by atoms with E-state index in [9.17, 15) is 4.79 Å². The molecule has 6 heteroatoms. The standard InChI is InChI=1S/C20H15Cl2N3O/c21-15-5-6-18(17(22)10-15)24-16-9-14(11-23-12-16)20(26)25-8-7-13-3-1-2-4-19(13)25/h1-6,9-12,24H,7-8H2. The maximum Gasteiger partial charge on any atom is 0.259 e. The third-order valence-electron chi connectivity index (χ3n) is 4.33. The van der Waals surface area contributed by atoms with Gasteiger partial charge in [-0.1, -0.05) is 41.4 Å². The minimum absolute atomic E-state index is 0.0618. The van der Waals surface area contributed by atoms with Gasteiger partial charge in [-0.05, 0) is 42.3 Å². The molecule has 2 heterocycles. The average molecular weight is 384 g/mol. The number of halogens is 2. The molecule has 2 aromatic carbocycles. The van der Waals surface area contributed by atoms with E-state index < -0.39 is 0 Å². The van der Waals surface area contributed by atoms with Crippen molar-refractivity contribution in [3.63, 3.8) is 0 Å². The highest BCUT2D eigenvalue weighted by atomic mass is 35.5. The van der Waals surface area contributed by atoms with Crippen molar-refractivity contribution >= 4 is 46.2 Å². The number of hydrogen-bond acceptors (Lipinski definition) is 3. The number of rotatable bonds is 3. The van der Waals surface area contributed by atoms with Crippen LogP contribution in [0.3, 0.4) is 0 Å². The lowest BCUT2D eigenvalue weighted by atomic mass is 10.2. The van der Waals surface area contributed by atoms with Crippen LogP contribution in [0.2, 0.25) is 10.0 Å². The lowest BCUT2D eigenvalue weighted by Gasteiger charge is -2.17. The van der Waals surface area contributed by atoms with Crippen LogP contribution in [0, 0.1) is 0 Å². The van der Waals surface area contributed by atoms with Crippen molar-refractivity contribution in [1.29, 1.82) is 0 Å². The minimum Gasteiger partial charge on any atom is -0.353 e. The minimum atomic E-state index is -0.0618. The second kappa shape index (κ2) is 6.98. The van der Waals surface area contributed by atoms with Gasteiger partial charge in [-0.15, -0.1) is 0 Å². The van der Waals surface area contributed by atoms with Crippen LogP contribution in [0.25, 0.3) is 0 Å². The number of nitrogens with zero attached hydrogens (tertiary/aromatic N) is 2. The van der Waals surface area contributed by atoms with E-state index in [2.05, 4.69) is 16.4 Å². The molecule has 0 saturated heterocycles. The van der Waals surface area contributed by atoms with Gasteiger partial charge in [0, 0.05) is 23.5 Å². The summed E-state index contributed by atoms with van der Waals surface area (Å²) in [5.41, 5.74) is 4.07. The van der Waals surface area contributed by atoms with Crippen LogP contribution >= 0.6 is 23.2 Å². The molecule has 0 unspecified atom stereocenters.